The summed E-state index contributed by atoms with van der Waals surface area (Å²) in [5.74, 6) is -0.166. The first-order valence-electron chi connectivity index (χ1n) is 15.0. The normalized spacial score (nSPS) is 29.9. The van der Waals surface area contributed by atoms with Gasteiger partial charge in [-0.2, -0.15) is 0 Å². The van der Waals surface area contributed by atoms with Crippen LogP contribution in [0.3, 0.4) is 0 Å². The molecular weight excluding hydrogens is 516 g/mol. The first kappa shape index (κ1) is 30.9. The van der Waals surface area contributed by atoms with Crippen molar-refractivity contribution in [2.75, 3.05) is 26.4 Å². The van der Waals surface area contributed by atoms with E-state index in [1.807, 2.05) is 42.5 Å². The van der Waals surface area contributed by atoms with Gasteiger partial charge in [0.05, 0.1) is 24.9 Å². The second-order valence-electron chi connectivity index (χ2n) is 10.9. The second-order valence-corrected chi connectivity index (χ2v) is 10.9. The van der Waals surface area contributed by atoms with Gasteiger partial charge in [-0.25, -0.2) is 0 Å². The van der Waals surface area contributed by atoms with Crippen molar-refractivity contribution in [2.45, 2.75) is 108 Å². The molecule has 2 aliphatic heterocycles. The summed E-state index contributed by atoms with van der Waals surface area (Å²) in [6.45, 7) is 1.96. The third-order valence-electron chi connectivity index (χ3n) is 7.71. The number of benzene rings is 1. The number of hydrogen-bond donors (Lipinski definition) is 2. The molecule has 0 spiro atoms. The molecule has 2 N–H and O–H groups in total. The predicted molar refractivity (Wildman–Crippen MR) is 148 cm³/mol. The molecule has 3 unspecified atom stereocenters. The van der Waals surface area contributed by atoms with Crippen LogP contribution in [0.15, 0.2) is 42.5 Å². The first-order valence-corrected chi connectivity index (χ1v) is 15.0. The molecule has 2 heterocycles. The van der Waals surface area contributed by atoms with Gasteiger partial charge in [-0.15, -0.1) is 0 Å². The maximum absolute atomic E-state index is 11.0. The number of carboxylic acids is 1. The smallest absolute Gasteiger partial charge is 0.303 e. The van der Waals surface area contributed by atoms with Crippen molar-refractivity contribution in [3.63, 3.8) is 0 Å². The number of allylic oxidation sites excluding steroid dienone is 2. The van der Waals surface area contributed by atoms with Crippen LogP contribution in [0.1, 0.15) is 70.6 Å². The fraction of sp³-hybridized carbons (Fsp3) is 0.710. The van der Waals surface area contributed by atoms with Gasteiger partial charge < -0.3 is 38.6 Å². The van der Waals surface area contributed by atoms with Gasteiger partial charge in [-0.05, 0) is 69.9 Å². The highest BCUT2D eigenvalue weighted by atomic mass is 16.7. The lowest BCUT2D eigenvalue weighted by molar-refractivity contribution is -0.226. The Morgan fingerprint density at radius 2 is 1.70 bits per heavy atom. The number of aliphatic carboxylic acids is 1. The van der Waals surface area contributed by atoms with E-state index in [4.69, 9.17) is 33.5 Å². The van der Waals surface area contributed by atoms with Crippen LogP contribution in [-0.4, -0.2) is 79.6 Å². The van der Waals surface area contributed by atoms with Crippen molar-refractivity contribution in [3.05, 3.63) is 42.5 Å². The minimum absolute atomic E-state index is 0.114. The molecule has 224 valence electrons. The Kier molecular flexibility index (Phi) is 13.2. The minimum atomic E-state index is -0.805. The Bertz CT molecular complexity index is 867. The standard InChI is InChI=1S/C31H46O9/c32-26-20-27(40-30-17-9-11-19-36-30)31(25(26)14-6-1-2-7-15-28(33)34)38-22-24(39-29-16-8-10-18-35-29)21-37-23-12-4-3-5-13-23/h1-5,12-13,24-27,29-32H,6-11,14-22H2,(H,33,34)/b2-1-/t24?,25-,26-,27+,29?,30?,31+/m1/s1. The highest BCUT2D eigenvalue weighted by Crippen LogP contribution is 2.36. The molecule has 3 aliphatic rings. The molecule has 0 aromatic heterocycles. The van der Waals surface area contributed by atoms with Gasteiger partial charge in [0.15, 0.2) is 12.6 Å². The summed E-state index contributed by atoms with van der Waals surface area (Å²) < 4.78 is 36.9. The zero-order valence-electron chi connectivity index (χ0n) is 23.4. The van der Waals surface area contributed by atoms with Crippen LogP contribution in [0.25, 0.3) is 0 Å². The second kappa shape index (κ2) is 17.1. The minimum Gasteiger partial charge on any atom is -0.491 e. The van der Waals surface area contributed by atoms with Crippen molar-refractivity contribution >= 4 is 5.97 Å². The number of ether oxygens (including phenoxy) is 6. The Labute approximate surface area is 237 Å². The number of rotatable bonds is 16. The molecular formula is C31H46O9. The molecule has 2 saturated heterocycles. The lowest BCUT2D eigenvalue weighted by Crippen LogP contribution is -2.40. The van der Waals surface area contributed by atoms with Gasteiger partial charge in [-0.3, -0.25) is 4.79 Å². The number of aliphatic hydroxyl groups excluding tert-OH is 1. The van der Waals surface area contributed by atoms with Crippen LogP contribution >= 0.6 is 0 Å². The Morgan fingerprint density at radius 3 is 2.40 bits per heavy atom. The van der Waals surface area contributed by atoms with E-state index < -0.39 is 12.1 Å². The molecule has 0 amide bonds. The summed E-state index contributed by atoms with van der Waals surface area (Å²) in [6.07, 6.45) is 10.2. The molecule has 1 aliphatic carbocycles. The number of aliphatic hydroxyl groups is 1. The average Bonchev–Trinajstić information content (AvgIpc) is 3.26. The van der Waals surface area contributed by atoms with E-state index in [1.54, 1.807) is 0 Å². The van der Waals surface area contributed by atoms with Crippen LogP contribution in [0, 0.1) is 5.92 Å². The predicted octanol–water partition coefficient (Wildman–Crippen LogP) is 4.86. The van der Waals surface area contributed by atoms with Crippen LogP contribution in [0.5, 0.6) is 5.75 Å². The van der Waals surface area contributed by atoms with E-state index in [9.17, 15) is 9.90 Å². The maximum Gasteiger partial charge on any atom is 0.303 e. The molecule has 40 heavy (non-hydrogen) atoms. The summed E-state index contributed by atoms with van der Waals surface area (Å²) in [5.41, 5.74) is 0. The molecule has 1 aromatic rings. The summed E-state index contributed by atoms with van der Waals surface area (Å²) in [6, 6.07) is 9.64. The average molecular weight is 563 g/mol. The fourth-order valence-corrected chi connectivity index (χ4v) is 5.59. The van der Waals surface area contributed by atoms with E-state index in [0.29, 0.717) is 39.1 Å². The first-order chi connectivity index (χ1) is 19.6. The number of para-hydroxylation sites is 1. The molecule has 3 fully saturated rings. The van der Waals surface area contributed by atoms with Crippen LogP contribution in [0.2, 0.25) is 0 Å². The number of carboxylic acid groups (broad SMARTS) is 1. The summed E-state index contributed by atoms with van der Waals surface area (Å²) in [4.78, 5) is 10.8. The summed E-state index contributed by atoms with van der Waals surface area (Å²) in [5, 5.41) is 19.9. The maximum atomic E-state index is 11.0. The van der Waals surface area contributed by atoms with Crippen molar-refractivity contribution < 1.29 is 43.4 Å². The zero-order chi connectivity index (χ0) is 28.0. The van der Waals surface area contributed by atoms with Crippen molar-refractivity contribution in [3.8, 4) is 5.75 Å². The molecule has 0 radical (unpaired) electrons. The largest absolute Gasteiger partial charge is 0.491 e. The number of hydrogen-bond acceptors (Lipinski definition) is 8. The van der Waals surface area contributed by atoms with Gasteiger partial charge in [0.1, 0.15) is 18.5 Å². The highest BCUT2D eigenvalue weighted by Gasteiger charge is 2.45. The molecule has 7 atom stereocenters. The zero-order valence-corrected chi connectivity index (χ0v) is 23.4. The van der Waals surface area contributed by atoms with E-state index in [-0.39, 0.29) is 49.8 Å². The van der Waals surface area contributed by atoms with Gasteiger partial charge in [0.2, 0.25) is 0 Å². The quantitative estimate of drug-likeness (QED) is 0.273. The van der Waals surface area contributed by atoms with Gasteiger partial charge in [-0.1, -0.05) is 30.4 Å². The molecule has 0 bridgehead atoms. The van der Waals surface area contributed by atoms with Gasteiger partial charge in [0.25, 0.3) is 0 Å². The Morgan fingerprint density at radius 1 is 0.975 bits per heavy atom. The monoisotopic (exact) mass is 562 g/mol. The molecule has 1 aromatic carbocycles. The van der Waals surface area contributed by atoms with E-state index >= 15 is 0 Å². The Balaban J connectivity index is 1.39. The lowest BCUT2D eigenvalue weighted by Gasteiger charge is -2.32. The third kappa shape index (κ3) is 10.4. The van der Waals surface area contributed by atoms with Gasteiger partial charge >= 0.3 is 5.97 Å². The van der Waals surface area contributed by atoms with Crippen LogP contribution in [-0.2, 0) is 28.5 Å². The number of carbonyl (C=O) groups is 1. The third-order valence-corrected chi connectivity index (χ3v) is 7.71. The fourth-order valence-electron chi connectivity index (χ4n) is 5.59. The van der Waals surface area contributed by atoms with Crippen LogP contribution < -0.4 is 4.74 Å². The van der Waals surface area contributed by atoms with Crippen molar-refractivity contribution in [1.82, 2.24) is 0 Å². The van der Waals surface area contributed by atoms with Crippen LogP contribution in [0.4, 0.5) is 0 Å². The van der Waals surface area contributed by atoms with E-state index in [1.165, 1.54) is 0 Å². The highest BCUT2D eigenvalue weighted by molar-refractivity contribution is 5.66. The molecule has 9 nitrogen and oxygen atoms in total. The summed E-state index contributed by atoms with van der Waals surface area (Å²) >= 11 is 0. The molecule has 1 saturated carbocycles. The van der Waals surface area contributed by atoms with Crippen molar-refractivity contribution in [2.24, 2.45) is 5.92 Å². The summed E-state index contributed by atoms with van der Waals surface area (Å²) in [7, 11) is 0. The topological polar surface area (TPSA) is 113 Å². The van der Waals surface area contributed by atoms with E-state index in [0.717, 1.165) is 50.7 Å². The SMILES string of the molecule is O=C(O)CC/C=C\CC[C@H]1[C@H](OCC(COc2ccccc2)OC2CCCCO2)[C@@H](OC2CCCCO2)C[C@H]1O. The van der Waals surface area contributed by atoms with Gasteiger partial charge in [0, 0.05) is 32.0 Å². The van der Waals surface area contributed by atoms with E-state index in [2.05, 4.69) is 0 Å². The Hall–Kier alpha value is -2.01. The lowest BCUT2D eigenvalue weighted by atomic mass is 9.96. The molecule has 9 heteroatoms. The molecule has 4 rings (SSSR count). The van der Waals surface area contributed by atoms with Crippen molar-refractivity contribution in [1.29, 1.82) is 0 Å².